The van der Waals surface area contributed by atoms with Gasteiger partial charge in [-0.05, 0) is 25.6 Å². The molecule has 2 aromatic rings. The van der Waals surface area contributed by atoms with E-state index in [4.69, 9.17) is 4.74 Å². The Morgan fingerprint density at radius 2 is 2.17 bits per heavy atom. The zero-order valence-electron chi connectivity index (χ0n) is 13.4. The van der Waals surface area contributed by atoms with Crippen molar-refractivity contribution in [2.45, 2.75) is 26.0 Å². The molecule has 2 heterocycles. The first kappa shape index (κ1) is 16.0. The van der Waals surface area contributed by atoms with Crippen LogP contribution in [0.5, 0.6) is 0 Å². The van der Waals surface area contributed by atoms with Crippen LogP contribution in [0.2, 0.25) is 0 Å². The number of carbonyl (C=O) groups is 1. The number of ether oxygens (including phenoxy) is 1. The molecule has 1 aromatic heterocycles. The van der Waals surface area contributed by atoms with Gasteiger partial charge in [0.25, 0.3) is 0 Å². The number of amides is 1. The molecule has 0 bridgehead atoms. The van der Waals surface area contributed by atoms with E-state index in [0.717, 1.165) is 23.7 Å². The molecule has 1 fully saturated rings. The predicted molar refractivity (Wildman–Crippen MR) is 91.9 cm³/mol. The van der Waals surface area contributed by atoms with Crippen LogP contribution in [0, 0.1) is 0 Å². The first-order chi connectivity index (χ1) is 11.2. The molecule has 1 aliphatic heterocycles. The summed E-state index contributed by atoms with van der Waals surface area (Å²) in [7, 11) is 2.05. The van der Waals surface area contributed by atoms with Gasteiger partial charge in [-0.15, -0.1) is 11.3 Å². The van der Waals surface area contributed by atoms with Crippen LogP contribution in [0.25, 0.3) is 0 Å². The predicted octanol–water partition coefficient (Wildman–Crippen LogP) is 3.16. The first-order valence-electron chi connectivity index (χ1n) is 7.81. The van der Waals surface area contributed by atoms with Crippen LogP contribution in [0.1, 0.15) is 16.8 Å². The number of aryl methyl sites for hydroxylation is 1. The number of benzene rings is 1. The number of nitrogens with zero attached hydrogens (tertiary/aromatic N) is 3. The number of likely N-dealkylation sites (N-methyl/N-ethyl adjacent to an activating group) is 1. The molecule has 1 atom stereocenters. The van der Waals surface area contributed by atoms with Crippen LogP contribution in [0.15, 0.2) is 36.5 Å². The van der Waals surface area contributed by atoms with Crippen molar-refractivity contribution < 1.29 is 9.53 Å². The van der Waals surface area contributed by atoms with Crippen LogP contribution in [0.4, 0.5) is 10.5 Å². The van der Waals surface area contributed by atoms with Crippen LogP contribution in [0.3, 0.4) is 0 Å². The third-order valence-corrected chi connectivity index (χ3v) is 4.91. The Morgan fingerprint density at radius 1 is 1.39 bits per heavy atom. The fourth-order valence-corrected chi connectivity index (χ4v) is 3.64. The van der Waals surface area contributed by atoms with E-state index in [1.807, 2.05) is 43.6 Å². The second-order valence-electron chi connectivity index (χ2n) is 5.72. The molecule has 1 amide bonds. The summed E-state index contributed by atoms with van der Waals surface area (Å²) in [6, 6.07) is 9.65. The first-order valence-corrected chi connectivity index (χ1v) is 8.62. The maximum absolute atomic E-state index is 12.0. The van der Waals surface area contributed by atoms with E-state index in [0.29, 0.717) is 13.1 Å². The topological polar surface area (TPSA) is 45.7 Å². The molecule has 23 heavy (non-hydrogen) atoms. The molecule has 1 saturated heterocycles. The van der Waals surface area contributed by atoms with Crippen molar-refractivity contribution in [1.82, 2.24) is 9.88 Å². The Labute approximate surface area is 140 Å². The summed E-state index contributed by atoms with van der Waals surface area (Å²) in [6.07, 6.45) is 2.55. The number of cyclic esters (lactones) is 1. The van der Waals surface area contributed by atoms with Crippen molar-refractivity contribution in [3.8, 4) is 0 Å². The lowest BCUT2D eigenvalue weighted by Crippen LogP contribution is -2.32. The minimum atomic E-state index is -0.263. The number of aromatic nitrogens is 1. The molecule has 5 nitrogen and oxygen atoms in total. The average Bonchev–Trinajstić information content (AvgIpc) is 3.14. The van der Waals surface area contributed by atoms with Gasteiger partial charge < -0.3 is 4.74 Å². The Morgan fingerprint density at radius 3 is 2.87 bits per heavy atom. The second kappa shape index (κ2) is 7.10. The minimum absolute atomic E-state index is 0.105. The Kier molecular flexibility index (Phi) is 4.93. The van der Waals surface area contributed by atoms with E-state index in [1.165, 1.54) is 4.88 Å². The van der Waals surface area contributed by atoms with Gasteiger partial charge >= 0.3 is 6.09 Å². The maximum atomic E-state index is 12.0. The standard InChI is InChI=1S/C17H21N3O2S/c1-3-16-18-9-15(23-16)12-19(2)10-14-11-20(17(21)22-14)13-7-5-4-6-8-13/h4-9,14H,3,10-12H2,1-2H3/t14-/m1/s1. The third kappa shape index (κ3) is 3.89. The molecule has 0 saturated carbocycles. The Hall–Kier alpha value is -1.92. The summed E-state index contributed by atoms with van der Waals surface area (Å²) >= 11 is 1.75. The number of hydrogen-bond donors (Lipinski definition) is 0. The molecule has 1 aliphatic rings. The van der Waals surface area contributed by atoms with Gasteiger partial charge in [-0.3, -0.25) is 9.80 Å². The fourth-order valence-electron chi connectivity index (χ4n) is 2.70. The summed E-state index contributed by atoms with van der Waals surface area (Å²) in [5.74, 6) is 0. The summed E-state index contributed by atoms with van der Waals surface area (Å²) in [5, 5.41) is 1.16. The highest BCUT2D eigenvalue weighted by molar-refractivity contribution is 7.11. The van der Waals surface area contributed by atoms with E-state index in [2.05, 4.69) is 16.8 Å². The van der Waals surface area contributed by atoms with Gasteiger partial charge in [0.05, 0.1) is 11.6 Å². The van der Waals surface area contributed by atoms with Crippen LogP contribution >= 0.6 is 11.3 Å². The summed E-state index contributed by atoms with van der Waals surface area (Å²) in [6.45, 7) is 4.25. The number of anilines is 1. The molecule has 3 rings (SSSR count). The van der Waals surface area contributed by atoms with E-state index >= 15 is 0 Å². The Bertz CT molecular complexity index is 659. The number of rotatable bonds is 6. The zero-order chi connectivity index (χ0) is 16.2. The molecular weight excluding hydrogens is 310 g/mol. The van der Waals surface area contributed by atoms with Gasteiger partial charge in [-0.25, -0.2) is 9.78 Å². The Balaban J connectivity index is 1.55. The molecule has 0 aliphatic carbocycles. The zero-order valence-corrected chi connectivity index (χ0v) is 14.3. The third-order valence-electron chi connectivity index (χ3n) is 3.79. The summed E-state index contributed by atoms with van der Waals surface area (Å²) in [4.78, 5) is 21.5. The maximum Gasteiger partial charge on any atom is 0.414 e. The van der Waals surface area contributed by atoms with Gasteiger partial charge in [-0.2, -0.15) is 0 Å². The average molecular weight is 331 g/mol. The molecule has 0 radical (unpaired) electrons. The normalized spacial score (nSPS) is 17.8. The summed E-state index contributed by atoms with van der Waals surface area (Å²) in [5.41, 5.74) is 0.887. The molecule has 1 aromatic carbocycles. The van der Waals surface area contributed by atoms with Gasteiger partial charge in [0.1, 0.15) is 6.10 Å². The lowest BCUT2D eigenvalue weighted by Gasteiger charge is -2.18. The minimum Gasteiger partial charge on any atom is -0.443 e. The monoisotopic (exact) mass is 331 g/mol. The van der Waals surface area contributed by atoms with Crippen LogP contribution < -0.4 is 4.90 Å². The van der Waals surface area contributed by atoms with Gasteiger partial charge in [0.2, 0.25) is 0 Å². The highest BCUT2D eigenvalue weighted by Crippen LogP contribution is 2.22. The molecule has 0 N–H and O–H groups in total. The SMILES string of the molecule is CCc1ncc(CN(C)C[C@@H]2CN(c3ccccc3)C(=O)O2)s1. The van der Waals surface area contributed by atoms with Gasteiger partial charge in [0.15, 0.2) is 0 Å². The summed E-state index contributed by atoms with van der Waals surface area (Å²) < 4.78 is 5.50. The number of hydrogen-bond acceptors (Lipinski definition) is 5. The highest BCUT2D eigenvalue weighted by atomic mass is 32.1. The van der Waals surface area contributed by atoms with Crippen molar-refractivity contribution in [2.75, 3.05) is 25.0 Å². The van der Waals surface area contributed by atoms with E-state index < -0.39 is 0 Å². The lowest BCUT2D eigenvalue weighted by molar-refractivity contribution is 0.115. The van der Waals surface area contributed by atoms with Crippen LogP contribution in [-0.2, 0) is 17.7 Å². The largest absolute Gasteiger partial charge is 0.443 e. The molecule has 6 heteroatoms. The number of para-hydroxylation sites is 1. The van der Waals surface area contributed by atoms with Gasteiger partial charge in [0, 0.05) is 29.9 Å². The van der Waals surface area contributed by atoms with Crippen molar-refractivity contribution in [3.05, 3.63) is 46.4 Å². The lowest BCUT2D eigenvalue weighted by atomic mass is 10.2. The number of carbonyl (C=O) groups excluding carboxylic acids is 1. The van der Waals surface area contributed by atoms with Crippen molar-refractivity contribution >= 4 is 23.1 Å². The van der Waals surface area contributed by atoms with Crippen molar-refractivity contribution in [3.63, 3.8) is 0 Å². The van der Waals surface area contributed by atoms with Gasteiger partial charge in [-0.1, -0.05) is 25.1 Å². The van der Waals surface area contributed by atoms with E-state index in [1.54, 1.807) is 16.2 Å². The van der Waals surface area contributed by atoms with E-state index in [-0.39, 0.29) is 12.2 Å². The second-order valence-corrected chi connectivity index (χ2v) is 6.92. The van der Waals surface area contributed by atoms with Crippen LogP contribution in [-0.4, -0.2) is 42.2 Å². The molecule has 122 valence electrons. The molecular formula is C17H21N3O2S. The molecule has 0 unspecified atom stereocenters. The van der Waals surface area contributed by atoms with E-state index in [9.17, 15) is 4.79 Å². The smallest absolute Gasteiger partial charge is 0.414 e. The van der Waals surface area contributed by atoms with Crippen molar-refractivity contribution in [1.29, 1.82) is 0 Å². The fraction of sp³-hybridized carbons (Fsp3) is 0.412. The molecule has 0 spiro atoms. The van der Waals surface area contributed by atoms with Crippen molar-refractivity contribution in [2.24, 2.45) is 0 Å². The quantitative estimate of drug-likeness (QED) is 0.816. The highest BCUT2D eigenvalue weighted by Gasteiger charge is 2.32. The number of thiazole rings is 1.